The summed E-state index contributed by atoms with van der Waals surface area (Å²) in [6.45, 7) is 0. The summed E-state index contributed by atoms with van der Waals surface area (Å²) in [6.07, 6.45) is 2.07. The fourth-order valence-electron chi connectivity index (χ4n) is 1.79. The maximum Gasteiger partial charge on any atom is 0.135 e. The van der Waals surface area contributed by atoms with Crippen molar-refractivity contribution in [2.45, 2.75) is 18.8 Å². The maximum absolute atomic E-state index is 13.7. The molecule has 1 aliphatic carbocycles. The summed E-state index contributed by atoms with van der Waals surface area (Å²) in [5, 5.41) is 0.283. The van der Waals surface area contributed by atoms with Gasteiger partial charge >= 0.3 is 0 Å². The number of rotatable bonds is 2. The van der Waals surface area contributed by atoms with E-state index in [1.165, 1.54) is 18.2 Å². The van der Waals surface area contributed by atoms with Crippen LogP contribution in [0.2, 0.25) is 5.15 Å². The SMILES string of the molecule is Fc1ccc(-c2cc(Cl)nc(C3CC3)n2)c(F)c1. The van der Waals surface area contributed by atoms with E-state index in [-0.39, 0.29) is 10.7 Å². The first-order valence-corrected chi connectivity index (χ1v) is 6.01. The molecular formula is C13H9ClF2N2. The molecule has 2 nitrogen and oxygen atoms in total. The van der Waals surface area contributed by atoms with Crippen molar-refractivity contribution in [3.05, 3.63) is 46.9 Å². The van der Waals surface area contributed by atoms with E-state index in [0.29, 0.717) is 17.4 Å². The van der Waals surface area contributed by atoms with Crippen molar-refractivity contribution in [2.24, 2.45) is 0 Å². The third-order valence-electron chi connectivity index (χ3n) is 2.86. The highest BCUT2D eigenvalue weighted by Crippen LogP contribution is 2.39. The number of hydrogen-bond acceptors (Lipinski definition) is 2. The quantitative estimate of drug-likeness (QED) is 0.769. The molecule has 92 valence electrons. The van der Waals surface area contributed by atoms with E-state index in [4.69, 9.17) is 11.6 Å². The largest absolute Gasteiger partial charge is 0.232 e. The highest BCUT2D eigenvalue weighted by molar-refractivity contribution is 6.29. The van der Waals surface area contributed by atoms with Gasteiger partial charge in [-0.05, 0) is 25.0 Å². The van der Waals surface area contributed by atoms with Gasteiger partial charge in [-0.25, -0.2) is 18.7 Å². The van der Waals surface area contributed by atoms with E-state index in [1.54, 1.807) is 0 Å². The summed E-state index contributed by atoms with van der Waals surface area (Å²) >= 11 is 5.91. The van der Waals surface area contributed by atoms with E-state index in [9.17, 15) is 8.78 Å². The lowest BCUT2D eigenvalue weighted by Gasteiger charge is -2.05. The molecule has 1 aromatic carbocycles. The molecule has 0 N–H and O–H groups in total. The molecule has 2 aromatic rings. The van der Waals surface area contributed by atoms with Gasteiger partial charge in [0, 0.05) is 23.6 Å². The minimum atomic E-state index is -0.647. The van der Waals surface area contributed by atoms with E-state index in [2.05, 4.69) is 9.97 Å². The first-order chi connectivity index (χ1) is 8.63. The molecule has 0 unspecified atom stereocenters. The molecule has 0 saturated heterocycles. The van der Waals surface area contributed by atoms with Crippen LogP contribution in [0.4, 0.5) is 8.78 Å². The monoisotopic (exact) mass is 266 g/mol. The molecule has 0 bridgehead atoms. The molecule has 0 amide bonds. The predicted molar refractivity (Wildman–Crippen MR) is 64.4 cm³/mol. The highest BCUT2D eigenvalue weighted by atomic mass is 35.5. The van der Waals surface area contributed by atoms with E-state index < -0.39 is 11.6 Å². The second kappa shape index (κ2) is 4.28. The van der Waals surface area contributed by atoms with Crippen molar-refractivity contribution in [1.29, 1.82) is 0 Å². The van der Waals surface area contributed by atoms with Gasteiger partial charge < -0.3 is 0 Å². The Bertz CT molecular complexity index is 612. The van der Waals surface area contributed by atoms with Gasteiger partial charge in [0.15, 0.2) is 0 Å². The predicted octanol–water partition coefficient (Wildman–Crippen LogP) is 3.95. The number of benzene rings is 1. The van der Waals surface area contributed by atoms with E-state index in [0.717, 1.165) is 18.9 Å². The number of hydrogen-bond donors (Lipinski definition) is 0. The van der Waals surface area contributed by atoms with Crippen LogP contribution in [-0.2, 0) is 0 Å². The van der Waals surface area contributed by atoms with Gasteiger partial charge in [0.1, 0.15) is 22.6 Å². The Morgan fingerprint density at radius 2 is 1.89 bits per heavy atom. The van der Waals surface area contributed by atoms with Gasteiger partial charge in [-0.2, -0.15) is 0 Å². The lowest BCUT2D eigenvalue weighted by atomic mass is 10.1. The van der Waals surface area contributed by atoms with Gasteiger partial charge in [-0.1, -0.05) is 11.6 Å². The Labute approximate surface area is 108 Å². The topological polar surface area (TPSA) is 25.8 Å². The molecule has 0 atom stereocenters. The molecule has 5 heteroatoms. The Hall–Kier alpha value is -1.55. The van der Waals surface area contributed by atoms with Crippen molar-refractivity contribution in [3.63, 3.8) is 0 Å². The Kier molecular flexibility index (Phi) is 2.74. The third kappa shape index (κ3) is 2.20. The van der Waals surface area contributed by atoms with Gasteiger partial charge in [-0.15, -0.1) is 0 Å². The van der Waals surface area contributed by atoms with Crippen LogP contribution in [0.15, 0.2) is 24.3 Å². The van der Waals surface area contributed by atoms with Crippen molar-refractivity contribution in [2.75, 3.05) is 0 Å². The Morgan fingerprint density at radius 3 is 2.56 bits per heavy atom. The molecule has 1 heterocycles. The molecular weight excluding hydrogens is 258 g/mol. The maximum atomic E-state index is 13.7. The molecule has 1 saturated carbocycles. The van der Waals surface area contributed by atoms with Crippen LogP contribution >= 0.6 is 11.6 Å². The minimum absolute atomic E-state index is 0.239. The zero-order valence-corrected chi connectivity index (χ0v) is 10.1. The molecule has 1 aromatic heterocycles. The molecule has 1 aliphatic rings. The first-order valence-electron chi connectivity index (χ1n) is 5.63. The summed E-state index contributed by atoms with van der Waals surface area (Å²) in [5.74, 6) is -0.294. The average molecular weight is 267 g/mol. The molecule has 0 radical (unpaired) electrons. The van der Waals surface area contributed by atoms with Crippen LogP contribution < -0.4 is 0 Å². The summed E-state index contributed by atoms with van der Waals surface area (Å²) in [7, 11) is 0. The molecule has 0 spiro atoms. The van der Waals surface area contributed by atoms with Crippen LogP contribution in [0.5, 0.6) is 0 Å². The van der Waals surface area contributed by atoms with Crippen molar-refractivity contribution in [1.82, 2.24) is 9.97 Å². The summed E-state index contributed by atoms with van der Waals surface area (Å²) in [5.41, 5.74) is 0.636. The van der Waals surface area contributed by atoms with Crippen molar-refractivity contribution in [3.8, 4) is 11.3 Å². The average Bonchev–Trinajstić information content (AvgIpc) is 3.11. The van der Waals surface area contributed by atoms with Crippen molar-refractivity contribution >= 4 is 11.6 Å². The second-order valence-corrected chi connectivity index (χ2v) is 4.72. The molecule has 18 heavy (non-hydrogen) atoms. The standard InChI is InChI=1S/C13H9ClF2N2/c14-12-6-11(17-13(18-12)7-1-2-7)9-4-3-8(15)5-10(9)16/h3-7H,1-2H2. The van der Waals surface area contributed by atoms with Gasteiger partial charge in [0.05, 0.1) is 5.69 Å². The van der Waals surface area contributed by atoms with Gasteiger partial charge in [0.25, 0.3) is 0 Å². The fraction of sp³-hybridized carbons (Fsp3) is 0.231. The zero-order chi connectivity index (χ0) is 12.7. The highest BCUT2D eigenvalue weighted by Gasteiger charge is 2.27. The Balaban J connectivity index is 2.10. The van der Waals surface area contributed by atoms with Crippen LogP contribution in [0.3, 0.4) is 0 Å². The number of aromatic nitrogens is 2. The molecule has 0 aliphatic heterocycles. The van der Waals surface area contributed by atoms with Crippen LogP contribution in [0, 0.1) is 11.6 Å². The van der Waals surface area contributed by atoms with Crippen LogP contribution in [0.1, 0.15) is 24.6 Å². The summed E-state index contributed by atoms with van der Waals surface area (Å²) in [4.78, 5) is 8.42. The Morgan fingerprint density at radius 1 is 1.11 bits per heavy atom. The minimum Gasteiger partial charge on any atom is -0.232 e. The third-order valence-corrected chi connectivity index (χ3v) is 3.06. The molecule has 3 rings (SSSR count). The summed E-state index contributed by atoms with van der Waals surface area (Å²) in [6, 6.07) is 4.89. The summed E-state index contributed by atoms with van der Waals surface area (Å²) < 4.78 is 26.5. The fourth-order valence-corrected chi connectivity index (χ4v) is 1.98. The smallest absolute Gasteiger partial charge is 0.135 e. The van der Waals surface area contributed by atoms with Crippen molar-refractivity contribution < 1.29 is 8.78 Å². The van der Waals surface area contributed by atoms with E-state index >= 15 is 0 Å². The number of halogens is 3. The van der Waals surface area contributed by atoms with E-state index in [1.807, 2.05) is 0 Å². The lowest BCUT2D eigenvalue weighted by Crippen LogP contribution is -1.97. The van der Waals surface area contributed by atoms with Crippen LogP contribution in [-0.4, -0.2) is 9.97 Å². The number of nitrogens with zero attached hydrogens (tertiary/aromatic N) is 2. The zero-order valence-electron chi connectivity index (χ0n) is 9.33. The normalized spacial score (nSPS) is 14.8. The van der Waals surface area contributed by atoms with Gasteiger partial charge in [-0.3, -0.25) is 0 Å². The second-order valence-electron chi connectivity index (χ2n) is 4.33. The lowest BCUT2D eigenvalue weighted by molar-refractivity contribution is 0.585. The van der Waals surface area contributed by atoms with Crippen LogP contribution in [0.25, 0.3) is 11.3 Å². The van der Waals surface area contributed by atoms with Gasteiger partial charge in [0.2, 0.25) is 0 Å². The molecule has 1 fully saturated rings. The first kappa shape index (κ1) is 11.5.